The Hall–Kier alpha value is -1.13. The van der Waals surface area contributed by atoms with Crippen molar-refractivity contribution in [1.29, 1.82) is 0 Å². The molecule has 0 aliphatic heterocycles. The fourth-order valence-corrected chi connectivity index (χ4v) is 1.84. The molecule has 5 heteroatoms. The molecule has 0 fully saturated rings. The number of Topliss-reactive ketones (excluding diaryl/α,β-unsaturated/α-hetero) is 1. The number of carbonyl (C=O) groups excluding carboxylic acids is 1. The zero-order valence-corrected chi connectivity index (χ0v) is 10.6. The van der Waals surface area contributed by atoms with Crippen molar-refractivity contribution in [2.24, 2.45) is 0 Å². The van der Waals surface area contributed by atoms with Crippen LogP contribution in [0.15, 0.2) is 41.3 Å². The number of ketones is 1. The number of hydrogen-bond donors (Lipinski definition) is 0. The standard InChI is InChI=1S/C11H8BrClN2O/c12-8-2-1-3-9(4-8)15-6-10(14-7-15)11(16)5-13/h1-4,6-7H,5H2. The highest BCUT2D eigenvalue weighted by molar-refractivity contribution is 9.10. The maximum absolute atomic E-state index is 11.3. The lowest BCUT2D eigenvalue weighted by atomic mass is 10.3. The van der Waals surface area contributed by atoms with Crippen LogP contribution in [0.1, 0.15) is 10.5 Å². The second kappa shape index (κ2) is 4.80. The van der Waals surface area contributed by atoms with E-state index in [2.05, 4.69) is 20.9 Å². The molecule has 82 valence electrons. The topological polar surface area (TPSA) is 34.9 Å². The minimum atomic E-state index is -0.171. The van der Waals surface area contributed by atoms with E-state index in [0.717, 1.165) is 10.2 Å². The highest BCUT2D eigenvalue weighted by atomic mass is 79.9. The monoisotopic (exact) mass is 298 g/mol. The summed E-state index contributed by atoms with van der Waals surface area (Å²) >= 11 is 8.85. The van der Waals surface area contributed by atoms with Gasteiger partial charge in [-0.25, -0.2) is 4.98 Å². The van der Waals surface area contributed by atoms with Crippen LogP contribution in [0.5, 0.6) is 0 Å². The molecule has 3 nitrogen and oxygen atoms in total. The molecule has 0 aliphatic rings. The van der Waals surface area contributed by atoms with Crippen LogP contribution in [0.4, 0.5) is 0 Å². The predicted octanol–water partition coefficient (Wildman–Crippen LogP) is 3.06. The van der Waals surface area contributed by atoms with Crippen molar-refractivity contribution in [3.8, 4) is 5.69 Å². The maximum Gasteiger partial charge on any atom is 0.197 e. The fraction of sp³-hybridized carbons (Fsp3) is 0.0909. The average molecular weight is 300 g/mol. The van der Waals surface area contributed by atoms with E-state index in [1.54, 1.807) is 17.1 Å². The third-order valence-corrected chi connectivity index (χ3v) is 2.83. The number of benzene rings is 1. The molecule has 16 heavy (non-hydrogen) atoms. The largest absolute Gasteiger partial charge is 0.306 e. The molecule has 0 saturated heterocycles. The van der Waals surface area contributed by atoms with Crippen molar-refractivity contribution in [1.82, 2.24) is 9.55 Å². The quantitative estimate of drug-likeness (QED) is 0.645. The second-order valence-corrected chi connectivity index (χ2v) is 4.39. The van der Waals surface area contributed by atoms with Crippen LogP contribution in [0.3, 0.4) is 0 Å². The summed E-state index contributed by atoms with van der Waals surface area (Å²) in [7, 11) is 0. The van der Waals surface area contributed by atoms with Crippen molar-refractivity contribution in [3.05, 3.63) is 47.0 Å². The minimum absolute atomic E-state index is 0.0461. The molecule has 0 spiro atoms. The fourth-order valence-electron chi connectivity index (χ4n) is 1.31. The van der Waals surface area contributed by atoms with Crippen LogP contribution < -0.4 is 0 Å². The summed E-state index contributed by atoms with van der Waals surface area (Å²) in [6.07, 6.45) is 3.27. The van der Waals surface area contributed by atoms with Gasteiger partial charge in [-0.3, -0.25) is 4.79 Å². The highest BCUT2D eigenvalue weighted by Crippen LogP contribution is 2.15. The van der Waals surface area contributed by atoms with Crippen LogP contribution >= 0.6 is 27.5 Å². The van der Waals surface area contributed by atoms with E-state index in [9.17, 15) is 4.79 Å². The van der Waals surface area contributed by atoms with Gasteiger partial charge in [-0.2, -0.15) is 0 Å². The molecule has 0 N–H and O–H groups in total. The summed E-state index contributed by atoms with van der Waals surface area (Å²) in [5, 5.41) is 0. The SMILES string of the molecule is O=C(CCl)c1cn(-c2cccc(Br)c2)cn1. The summed E-state index contributed by atoms with van der Waals surface area (Å²) < 4.78 is 2.76. The molecule has 0 bridgehead atoms. The Morgan fingerprint density at radius 3 is 3.00 bits per heavy atom. The summed E-state index contributed by atoms with van der Waals surface area (Å²) in [5.41, 5.74) is 1.32. The number of imidazole rings is 1. The zero-order chi connectivity index (χ0) is 11.5. The van der Waals surface area contributed by atoms with Crippen molar-refractivity contribution in [3.63, 3.8) is 0 Å². The summed E-state index contributed by atoms with van der Waals surface area (Å²) in [6, 6.07) is 7.73. The summed E-state index contributed by atoms with van der Waals surface area (Å²) in [4.78, 5) is 15.3. The van der Waals surface area contributed by atoms with Gasteiger partial charge in [-0.05, 0) is 18.2 Å². The van der Waals surface area contributed by atoms with Gasteiger partial charge >= 0.3 is 0 Å². The Morgan fingerprint density at radius 2 is 2.31 bits per heavy atom. The Kier molecular flexibility index (Phi) is 3.41. The molecular weight excluding hydrogens is 291 g/mol. The van der Waals surface area contributed by atoms with E-state index in [1.807, 2.05) is 24.3 Å². The molecule has 2 rings (SSSR count). The first kappa shape index (κ1) is 11.4. The molecule has 0 radical (unpaired) electrons. The maximum atomic E-state index is 11.3. The Bertz CT molecular complexity index is 524. The van der Waals surface area contributed by atoms with Gasteiger partial charge < -0.3 is 4.57 Å². The van der Waals surface area contributed by atoms with Crippen LogP contribution in [0.2, 0.25) is 0 Å². The summed E-state index contributed by atoms with van der Waals surface area (Å²) in [5.74, 6) is -0.217. The lowest BCUT2D eigenvalue weighted by molar-refractivity contribution is 0.101. The number of aromatic nitrogens is 2. The van der Waals surface area contributed by atoms with Gasteiger partial charge in [0.05, 0.1) is 5.88 Å². The normalized spacial score (nSPS) is 10.4. The molecule has 1 aromatic heterocycles. The molecule has 2 aromatic rings. The smallest absolute Gasteiger partial charge is 0.197 e. The highest BCUT2D eigenvalue weighted by Gasteiger charge is 2.08. The molecule has 1 heterocycles. The number of carbonyl (C=O) groups is 1. The lowest BCUT2D eigenvalue weighted by Crippen LogP contribution is -2.00. The van der Waals surface area contributed by atoms with Gasteiger partial charge in [0.2, 0.25) is 0 Å². The number of hydrogen-bond acceptors (Lipinski definition) is 2. The van der Waals surface area contributed by atoms with Gasteiger partial charge in [-0.1, -0.05) is 22.0 Å². The molecule has 0 atom stereocenters. The molecular formula is C11H8BrClN2O. The van der Waals surface area contributed by atoms with Crippen molar-refractivity contribution < 1.29 is 4.79 Å². The third kappa shape index (κ3) is 2.33. The second-order valence-electron chi connectivity index (χ2n) is 3.20. The first-order valence-corrected chi connectivity index (χ1v) is 5.92. The Morgan fingerprint density at radius 1 is 1.50 bits per heavy atom. The first-order valence-electron chi connectivity index (χ1n) is 4.60. The van der Waals surface area contributed by atoms with Gasteiger partial charge in [0.1, 0.15) is 12.0 Å². The van der Waals surface area contributed by atoms with Crippen LogP contribution in [0, 0.1) is 0 Å². The molecule has 1 aromatic carbocycles. The van der Waals surface area contributed by atoms with Crippen LogP contribution in [-0.2, 0) is 0 Å². The third-order valence-electron chi connectivity index (χ3n) is 2.10. The van der Waals surface area contributed by atoms with E-state index in [-0.39, 0.29) is 11.7 Å². The zero-order valence-electron chi connectivity index (χ0n) is 8.23. The first-order chi connectivity index (χ1) is 7.70. The number of nitrogens with zero attached hydrogens (tertiary/aromatic N) is 2. The summed E-state index contributed by atoms with van der Waals surface area (Å²) in [6.45, 7) is 0. The number of halogens is 2. The van der Waals surface area contributed by atoms with E-state index >= 15 is 0 Å². The van der Waals surface area contributed by atoms with Gasteiger partial charge in [0.15, 0.2) is 5.78 Å². The van der Waals surface area contributed by atoms with Crippen LogP contribution in [0.25, 0.3) is 5.69 Å². The molecule has 0 amide bonds. The van der Waals surface area contributed by atoms with E-state index in [0.29, 0.717) is 5.69 Å². The number of rotatable bonds is 3. The molecule has 0 saturated carbocycles. The van der Waals surface area contributed by atoms with Crippen molar-refractivity contribution in [2.75, 3.05) is 5.88 Å². The van der Waals surface area contributed by atoms with Crippen molar-refractivity contribution in [2.45, 2.75) is 0 Å². The predicted molar refractivity (Wildman–Crippen MR) is 66.3 cm³/mol. The lowest BCUT2D eigenvalue weighted by Gasteiger charge is -2.01. The Balaban J connectivity index is 2.35. The average Bonchev–Trinajstić information content (AvgIpc) is 2.77. The van der Waals surface area contributed by atoms with E-state index in [4.69, 9.17) is 11.6 Å². The van der Waals surface area contributed by atoms with Crippen molar-refractivity contribution >= 4 is 33.3 Å². The van der Waals surface area contributed by atoms with Gasteiger partial charge in [0.25, 0.3) is 0 Å². The molecule has 0 aliphatic carbocycles. The van der Waals surface area contributed by atoms with Gasteiger partial charge in [-0.15, -0.1) is 11.6 Å². The minimum Gasteiger partial charge on any atom is -0.306 e. The number of alkyl halides is 1. The van der Waals surface area contributed by atoms with E-state index < -0.39 is 0 Å². The van der Waals surface area contributed by atoms with Crippen LogP contribution in [-0.4, -0.2) is 21.2 Å². The van der Waals surface area contributed by atoms with Gasteiger partial charge in [0, 0.05) is 16.4 Å². The molecule has 0 unspecified atom stereocenters. The Labute approximate surface area is 106 Å². The van der Waals surface area contributed by atoms with E-state index in [1.165, 1.54) is 0 Å².